The normalized spacial score (nSPS) is 12.9. The van der Waals surface area contributed by atoms with Gasteiger partial charge in [0.15, 0.2) is 0 Å². The molecule has 4 nitrogen and oxygen atoms in total. The van der Waals surface area contributed by atoms with Crippen molar-refractivity contribution < 1.29 is 5.11 Å². The van der Waals surface area contributed by atoms with Crippen molar-refractivity contribution in [3.8, 4) is 0 Å². The van der Waals surface area contributed by atoms with Gasteiger partial charge in [-0.1, -0.05) is 6.92 Å². The van der Waals surface area contributed by atoms with Gasteiger partial charge in [0.05, 0.1) is 16.8 Å². The zero-order valence-corrected chi connectivity index (χ0v) is 11.1. The number of nitrogens with zero attached hydrogens (tertiary/aromatic N) is 2. The van der Waals surface area contributed by atoms with Crippen LogP contribution in [-0.2, 0) is 6.42 Å². The maximum Gasteiger partial charge on any atom is 0.148 e. The van der Waals surface area contributed by atoms with Crippen molar-refractivity contribution >= 4 is 27.4 Å². The van der Waals surface area contributed by atoms with Crippen molar-refractivity contribution in [3.05, 3.63) is 16.8 Å². The number of aromatic nitrogens is 2. The lowest BCUT2D eigenvalue weighted by molar-refractivity contribution is 0.281. The molecule has 0 aliphatic carbocycles. The standard InChI is InChI=1S/C12H17N3OS/c1-4-9-14-10-7(2)6-17-11(10)12(15-9)13-8(3)5-16/h6,8,16H,4-5H2,1-3H3,(H,13,14,15). The van der Waals surface area contributed by atoms with Gasteiger partial charge in [-0.2, -0.15) is 0 Å². The molecule has 5 heteroatoms. The molecule has 0 amide bonds. The van der Waals surface area contributed by atoms with Gasteiger partial charge in [0.25, 0.3) is 0 Å². The van der Waals surface area contributed by atoms with Gasteiger partial charge < -0.3 is 10.4 Å². The SMILES string of the molecule is CCc1nc(NC(C)CO)c2scc(C)c2n1. The van der Waals surface area contributed by atoms with Crippen LogP contribution in [0.2, 0.25) is 0 Å². The van der Waals surface area contributed by atoms with Crippen molar-refractivity contribution in [3.63, 3.8) is 0 Å². The van der Waals surface area contributed by atoms with Gasteiger partial charge in [-0.25, -0.2) is 9.97 Å². The first-order valence-electron chi connectivity index (χ1n) is 5.77. The minimum atomic E-state index is 0.000197. The van der Waals surface area contributed by atoms with Crippen LogP contribution in [0.25, 0.3) is 10.2 Å². The van der Waals surface area contributed by atoms with Gasteiger partial charge >= 0.3 is 0 Å². The number of anilines is 1. The summed E-state index contributed by atoms with van der Waals surface area (Å²) >= 11 is 1.64. The summed E-state index contributed by atoms with van der Waals surface area (Å²) in [6.07, 6.45) is 0.813. The molecule has 2 aromatic rings. The number of hydrogen-bond donors (Lipinski definition) is 2. The zero-order valence-electron chi connectivity index (χ0n) is 10.3. The summed E-state index contributed by atoms with van der Waals surface area (Å²) in [5, 5.41) is 14.4. The molecule has 2 aromatic heterocycles. The van der Waals surface area contributed by atoms with Crippen LogP contribution in [0.5, 0.6) is 0 Å². The van der Waals surface area contributed by atoms with Crippen molar-refractivity contribution in [1.29, 1.82) is 0 Å². The Kier molecular flexibility index (Phi) is 3.59. The number of aryl methyl sites for hydroxylation is 2. The minimum absolute atomic E-state index is 0.000197. The molecule has 0 aromatic carbocycles. The third-order valence-electron chi connectivity index (χ3n) is 2.61. The highest BCUT2D eigenvalue weighted by molar-refractivity contribution is 7.18. The largest absolute Gasteiger partial charge is 0.394 e. The van der Waals surface area contributed by atoms with E-state index in [2.05, 4.69) is 27.6 Å². The third-order valence-corrected chi connectivity index (χ3v) is 3.71. The zero-order chi connectivity index (χ0) is 12.4. The average Bonchev–Trinajstić information content (AvgIpc) is 2.71. The fourth-order valence-electron chi connectivity index (χ4n) is 1.61. The average molecular weight is 251 g/mol. The van der Waals surface area contributed by atoms with Crippen molar-refractivity contribution in [2.45, 2.75) is 33.2 Å². The van der Waals surface area contributed by atoms with Crippen molar-refractivity contribution in [2.75, 3.05) is 11.9 Å². The van der Waals surface area contributed by atoms with Crippen LogP contribution in [0.15, 0.2) is 5.38 Å². The molecule has 0 spiro atoms. The lowest BCUT2D eigenvalue weighted by Gasteiger charge is -2.12. The highest BCUT2D eigenvalue weighted by Gasteiger charge is 2.12. The van der Waals surface area contributed by atoms with E-state index in [0.29, 0.717) is 0 Å². The first-order chi connectivity index (χ1) is 8.15. The fourth-order valence-corrected chi connectivity index (χ4v) is 2.55. The third kappa shape index (κ3) is 2.40. The lowest BCUT2D eigenvalue weighted by atomic mass is 10.3. The molecule has 2 rings (SSSR count). The molecule has 2 N–H and O–H groups in total. The maximum atomic E-state index is 9.10. The molecular weight excluding hydrogens is 234 g/mol. The monoisotopic (exact) mass is 251 g/mol. The number of rotatable bonds is 4. The highest BCUT2D eigenvalue weighted by atomic mass is 32.1. The van der Waals surface area contributed by atoms with E-state index in [1.165, 1.54) is 5.56 Å². The number of aliphatic hydroxyl groups excluding tert-OH is 1. The van der Waals surface area contributed by atoms with Crippen LogP contribution < -0.4 is 5.32 Å². The molecule has 0 bridgehead atoms. The van der Waals surface area contributed by atoms with Gasteiger partial charge in [-0.3, -0.25) is 0 Å². The van der Waals surface area contributed by atoms with E-state index in [1.54, 1.807) is 11.3 Å². The summed E-state index contributed by atoms with van der Waals surface area (Å²) in [7, 11) is 0. The number of thiophene rings is 1. The molecule has 0 saturated heterocycles. The van der Waals surface area contributed by atoms with Gasteiger partial charge in [0, 0.05) is 12.5 Å². The van der Waals surface area contributed by atoms with E-state index in [9.17, 15) is 0 Å². The first kappa shape index (κ1) is 12.3. The van der Waals surface area contributed by atoms with Crippen LogP contribution in [0.4, 0.5) is 5.82 Å². The Balaban J connectivity index is 2.51. The van der Waals surface area contributed by atoms with Crippen LogP contribution in [-0.4, -0.2) is 27.7 Å². The predicted molar refractivity (Wildman–Crippen MR) is 71.7 cm³/mol. The van der Waals surface area contributed by atoms with Crippen LogP contribution >= 0.6 is 11.3 Å². The lowest BCUT2D eigenvalue weighted by Crippen LogP contribution is -2.20. The highest BCUT2D eigenvalue weighted by Crippen LogP contribution is 2.29. The number of hydrogen-bond acceptors (Lipinski definition) is 5. The van der Waals surface area contributed by atoms with Crippen LogP contribution in [0.3, 0.4) is 0 Å². The molecule has 0 radical (unpaired) electrons. The smallest absolute Gasteiger partial charge is 0.148 e. The van der Waals surface area contributed by atoms with Gasteiger partial charge in [0.1, 0.15) is 11.6 Å². The Morgan fingerprint density at radius 1 is 1.47 bits per heavy atom. The van der Waals surface area contributed by atoms with Crippen molar-refractivity contribution in [1.82, 2.24) is 9.97 Å². The van der Waals surface area contributed by atoms with E-state index in [1.807, 2.05) is 13.8 Å². The molecule has 0 aliphatic rings. The van der Waals surface area contributed by atoms with Crippen molar-refractivity contribution in [2.24, 2.45) is 0 Å². The Bertz CT molecular complexity index is 524. The minimum Gasteiger partial charge on any atom is -0.394 e. The van der Waals surface area contributed by atoms with Crippen LogP contribution in [0.1, 0.15) is 25.2 Å². The fraction of sp³-hybridized carbons (Fsp3) is 0.500. The topological polar surface area (TPSA) is 58.0 Å². The van der Waals surface area contributed by atoms with E-state index in [-0.39, 0.29) is 12.6 Å². The summed E-state index contributed by atoms with van der Waals surface area (Å²) in [6.45, 7) is 6.13. The molecule has 2 heterocycles. The molecule has 17 heavy (non-hydrogen) atoms. The quantitative estimate of drug-likeness (QED) is 0.875. The van der Waals surface area contributed by atoms with E-state index in [0.717, 1.165) is 28.3 Å². The van der Waals surface area contributed by atoms with Gasteiger partial charge in [0.2, 0.25) is 0 Å². The van der Waals surface area contributed by atoms with Gasteiger partial charge in [-0.15, -0.1) is 11.3 Å². The van der Waals surface area contributed by atoms with E-state index in [4.69, 9.17) is 5.11 Å². The number of aliphatic hydroxyl groups is 1. The van der Waals surface area contributed by atoms with Gasteiger partial charge in [-0.05, 0) is 24.8 Å². The molecule has 0 saturated carbocycles. The second kappa shape index (κ2) is 4.98. The summed E-state index contributed by atoms with van der Waals surface area (Å²) in [5.74, 6) is 1.68. The molecule has 1 unspecified atom stereocenters. The molecular formula is C12H17N3OS. The summed E-state index contributed by atoms with van der Waals surface area (Å²) in [6, 6.07) is 0.000197. The second-order valence-electron chi connectivity index (χ2n) is 4.17. The maximum absolute atomic E-state index is 9.10. The Morgan fingerprint density at radius 3 is 2.88 bits per heavy atom. The van der Waals surface area contributed by atoms with Crippen LogP contribution in [0, 0.1) is 6.92 Å². The molecule has 0 aliphatic heterocycles. The first-order valence-corrected chi connectivity index (χ1v) is 6.65. The van der Waals surface area contributed by atoms with E-state index < -0.39 is 0 Å². The van der Waals surface area contributed by atoms with E-state index >= 15 is 0 Å². The summed E-state index contributed by atoms with van der Waals surface area (Å²) < 4.78 is 1.07. The molecule has 92 valence electrons. The number of fused-ring (bicyclic) bond motifs is 1. The summed E-state index contributed by atoms with van der Waals surface area (Å²) in [4.78, 5) is 9.04. The number of nitrogens with one attached hydrogen (secondary N) is 1. The predicted octanol–water partition coefficient (Wildman–Crippen LogP) is 2.35. The Hall–Kier alpha value is -1.20. The molecule has 1 atom stereocenters. The summed E-state index contributed by atoms with van der Waals surface area (Å²) in [5.41, 5.74) is 2.20. The Labute approximate surface area is 105 Å². The Morgan fingerprint density at radius 2 is 2.24 bits per heavy atom. The second-order valence-corrected chi connectivity index (χ2v) is 5.05. The molecule has 0 fully saturated rings.